The van der Waals surface area contributed by atoms with E-state index in [0.29, 0.717) is 12.3 Å². The molecule has 3 aromatic carbocycles. The highest BCUT2D eigenvalue weighted by Crippen LogP contribution is 2.43. The number of aromatic nitrogens is 3. The van der Waals surface area contributed by atoms with Crippen molar-refractivity contribution in [1.29, 1.82) is 0 Å². The lowest BCUT2D eigenvalue weighted by Crippen LogP contribution is -2.38. The number of nitrogens with one attached hydrogen (secondary N) is 2. The Balaban J connectivity index is 1.33. The van der Waals surface area contributed by atoms with Crippen LogP contribution in [-0.2, 0) is 32.2 Å². The van der Waals surface area contributed by atoms with E-state index >= 15 is 0 Å². The SMILES string of the molecule is C[C@@H]1[C@H](CSc2ncn[nH]2)O[C@H](c2ccc(-c3ccccc3CNC(=O)CCC(=O)O)cc2)O[C@@H]1c1ccc(CO)cc1. The van der Waals surface area contributed by atoms with Crippen molar-refractivity contribution in [1.82, 2.24) is 20.5 Å². The molecule has 1 aromatic heterocycles. The average Bonchev–Trinajstić information content (AvgIpc) is 3.56. The van der Waals surface area contributed by atoms with E-state index in [1.165, 1.54) is 6.33 Å². The second-order valence-corrected chi connectivity index (χ2v) is 11.4. The molecule has 0 radical (unpaired) electrons. The molecule has 4 N–H and O–H groups in total. The van der Waals surface area contributed by atoms with Gasteiger partial charge in [-0.15, -0.1) is 0 Å². The fraction of sp³-hybridized carbons (Fsp3) is 0.312. The van der Waals surface area contributed by atoms with Gasteiger partial charge >= 0.3 is 5.97 Å². The highest BCUT2D eigenvalue weighted by atomic mass is 32.2. The number of nitrogens with zero attached hydrogens (tertiary/aromatic N) is 2. The van der Waals surface area contributed by atoms with Gasteiger partial charge in [-0.05, 0) is 27.8 Å². The molecule has 1 saturated heterocycles. The number of hydrogen-bond donors (Lipinski definition) is 4. The van der Waals surface area contributed by atoms with Gasteiger partial charge in [0.05, 0.1) is 25.2 Å². The minimum Gasteiger partial charge on any atom is -0.481 e. The smallest absolute Gasteiger partial charge is 0.303 e. The van der Waals surface area contributed by atoms with Gasteiger partial charge < -0.3 is 25.0 Å². The first kappa shape index (κ1) is 30.4. The van der Waals surface area contributed by atoms with Gasteiger partial charge in [0.1, 0.15) is 6.33 Å². The van der Waals surface area contributed by atoms with Crippen molar-refractivity contribution in [2.75, 3.05) is 5.75 Å². The second kappa shape index (κ2) is 14.4. The number of benzene rings is 3. The fourth-order valence-electron chi connectivity index (χ4n) is 5.01. The van der Waals surface area contributed by atoms with Gasteiger partial charge in [0.25, 0.3) is 0 Å². The molecule has 1 aliphatic rings. The lowest BCUT2D eigenvalue weighted by atomic mass is 9.91. The summed E-state index contributed by atoms with van der Waals surface area (Å²) >= 11 is 1.55. The molecule has 1 amide bonds. The molecule has 2 heterocycles. The van der Waals surface area contributed by atoms with Gasteiger partial charge in [-0.2, -0.15) is 5.10 Å². The predicted octanol–water partition coefficient (Wildman–Crippen LogP) is 5.03. The summed E-state index contributed by atoms with van der Waals surface area (Å²) in [6.07, 6.45) is 0.262. The fourth-order valence-corrected chi connectivity index (χ4v) is 5.96. The molecule has 0 bridgehead atoms. The lowest BCUT2D eigenvalue weighted by Gasteiger charge is -2.41. The summed E-state index contributed by atoms with van der Waals surface area (Å²) in [6.45, 7) is 2.40. The number of hydrogen-bond acceptors (Lipinski definition) is 8. The largest absolute Gasteiger partial charge is 0.481 e. The van der Waals surface area contributed by atoms with Gasteiger partial charge in [-0.3, -0.25) is 14.7 Å². The van der Waals surface area contributed by atoms with Crippen LogP contribution in [0, 0.1) is 5.92 Å². The second-order valence-electron chi connectivity index (χ2n) is 10.4. The third-order valence-corrected chi connectivity index (χ3v) is 8.42. The number of H-pyrrole nitrogens is 1. The first-order valence-corrected chi connectivity index (χ1v) is 15.1. The third kappa shape index (κ3) is 7.88. The van der Waals surface area contributed by atoms with Crippen LogP contribution in [-0.4, -0.2) is 49.1 Å². The maximum Gasteiger partial charge on any atom is 0.303 e. The van der Waals surface area contributed by atoms with Crippen LogP contribution in [0.15, 0.2) is 84.3 Å². The molecule has 4 atom stereocenters. The van der Waals surface area contributed by atoms with Gasteiger partial charge in [0, 0.05) is 30.2 Å². The summed E-state index contributed by atoms with van der Waals surface area (Å²) in [5.74, 6) is -0.597. The number of carboxylic acid groups (broad SMARTS) is 1. The maximum absolute atomic E-state index is 12.1. The number of rotatable bonds is 12. The number of carbonyl (C=O) groups excluding carboxylic acids is 1. The Morgan fingerprint density at radius 2 is 1.72 bits per heavy atom. The quantitative estimate of drug-likeness (QED) is 0.164. The molecule has 0 aliphatic carbocycles. The number of carbonyl (C=O) groups is 2. The molecular formula is C32H34N4O6S. The third-order valence-electron chi connectivity index (χ3n) is 7.45. The van der Waals surface area contributed by atoms with E-state index in [1.54, 1.807) is 11.8 Å². The van der Waals surface area contributed by atoms with Crippen molar-refractivity contribution in [2.45, 2.75) is 56.6 Å². The Bertz CT molecular complexity index is 1500. The number of aromatic amines is 1. The van der Waals surface area contributed by atoms with Crippen molar-refractivity contribution in [2.24, 2.45) is 5.92 Å². The molecule has 0 spiro atoms. The number of aliphatic carboxylic acids is 1. The van der Waals surface area contributed by atoms with E-state index in [9.17, 15) is 14.7 Å². The number of ether oxygens (including phenoxy) is 2. The summed E-state index contributed by atoms with van der Waals surface area (Å²) in [6, 6.07) is 23.6. The molecule has 4 aromatic rings. The van der Waals surface area contributed by atoms with Crippen molar-refractivity contribution < 1.29 is 29.3 Å². The Morgan fingerprint density at radius 1 is 0.977 bits per heavy atom. The number of aliphatic hydroxyl groups is 1. The average molecular weight is 603 g/mol. The van der Waals surface area contributed by atoms with Crippen molar-refractivity contribution in [3.05, 3.63) is 101 Å². The standard InChI is InChI=1S/C32H34N4O6S/c1-20-27(18-43-32-34-19-35-36-32)41-31(42-30(20)23-8-6-21(17-37)7-9-23)24-12-10-22(11-13-24)26-5-3-2-4-25(26)16-33-28(38)14-15-29(39)40/h2-13,19-20,27,30-31,37H,14-18H2,1H3,(H,33,38)(H,39,40)(H,34,35,36)/t20-,27+,30+,31+/m1/s1. The molecular weight excluding hydrogens is 568 g/mol. The zero-order valence-electron chi connectivity index (χ0n) is 23.7. The summed E-state index contributed by atoms with van der Waals surface area (Å²) in [5.41, 5.74) is 5.60. The molecule has 0 saturated carbocycles. The number of amides is 1. The van der Waals surface area contributed by atoms with E-state index < -0.39 is 12.3 Å². The van der Waals surface area contributed by atoms with Crippen LogP contribution in [0.2, 0.25) is 0 Å². The highest BCUT2D eigenvalue weighted by Gasteiger charge is 2.38. The van der Waals surface area contributed by atoms with Crippen molar-refractivity contribution in [3.63, 3.8) is 0 Å². The topological polar surface area (TPSA) is 147 Å². The van der Waals surface area contributed by atoms with Crippen LogP contribution in [0.3, 0.4) is 0 Å². The molecule has 43 heavy (non-hydrogen) atoms. The van der Waals surface area contributed by atoms with E-state index in [1.807, 2.05) is 72.8 Å². The van der Waals surface area contributed by atoms with Crippen molar-refractivity contribution in [3.8, 4) is 11.1 Å². The number of carboxylic acids is 1. The van der Waals surface area contributed by atoms with Crippen LogP contribution < -0.4 is 5.32 Å². The number of aliphatic hydroxyl groups excluding tert-OH is 1. The first-order valence-electron chi connectivity index (χ1n) is 14.1. The van der Waals surface area contributed by atoms with Gasteiger partial charge in [0.2, 0.25) is 5.91 Å². The molecule has 1 aliphatic heterocycles. The van der Waals surface area contributed by atoms with Crippen LogP contribution in [0.5, 0.6) is 0 Å². The van der Waals surface area contributed by atoms with E-state index in [0.717, 1.165) is 38.5 Å². The van der Waals surface area contributed by atoms with Gasteiger partial charge in [0.15, 0.2) is 11.4 Å². The Labute approximate surface area is 253 Å². The zero-order valence-corrected chi connectivity index (χ0v) is 24.5. The molecule has 11 heteroatoms. The molecule has 0 unspecified atom stereocenters. The van der Waals surface area contributed by atoms with E-state index in [2.05, 4.69) is 27.4 Å². The summed E-state index contributed by atoms with van der Waals surface area (Å²) in [5, 5.41) is 28.7. The van der Waals surface area contributed by atoms with Crippen LogP contribution in [0.1, 0.15) is 54.4 Å². The maximum atomic E-state index is 12.1. The normalized spacial score (nSPS) is 20.0. The van der Waals surface area contributed by atoms with E-state index in [4.69, 9.17) is 14.6 Å². The first-order chi connectivity index (χ1) is 20.9. The molecule has 1 fully saturated rings. The van der Waals surface area contributed by atoms with Crippen molar-refractivity contribution >= 4 is 23.6 Å². The Kier molecular flexibility index (Phi) is 10.2. The Morgan fingerprint density at radius 3 is 2.42 bits per heavy atom. The number of thioether (sulfide) groups is 1. The van der Waals surface area contributed by atoms with Gasteiger partial charge in [-0.25, -0.2) is 4.98 Å². The zero-order chi connectivity index (χ0) is 30.2. The predicted molar refractivity (Wildman–Crippen MR) is 161 cm³/mol. The monoisotopic (exact) mass is 602 g/mol. The summed E-state index contributed by atoms with van der Waals surface area (Å²) in [4.78, 5) is 27.1. The Hall–Kier alpha value is -4.03. The highest BCUT2D eigenvalue weighted by molar-refractivity contribution is 7.99. The molecule has 5 rings (SSSR count). The molecule has 10 nitrogen and oxygen atoms in total. The minimum absolute atomic E-state index is 0.0177. The minimum atomic E-state index is -0.998. The summed E-state index contributed by atoms with van der Waals surface area (Å²) in [7, 11) is 0. The van der Waals surface area contributed by atoms with E-state index in [-0.39, 0.29) is 43.5 Å². The summed E-state index contributed by atoms with van der Waals surface area (Å²) < 4.78 is 13.1. The molecule has 224 valence electrons. The van der Waals surface area contributed by atoms with Crippen LogP contribution in [0.25, 0.3) is 11.1 Å². The lowest BCUT2D eigenvalue weighted by molar-refractivity contribution is -0.268. The van der Waals surface area contributed by atoms with Crippen LogP contribution in [0.4, 0.5) is 0 Å². The van der Waals surface area contributed by atoms with Crippen LogP contribution >= 0.6 is 11.8 Å². The van der Waals surface area contributed by atoms with Gasteiger partial charge in [-0.1, -0.05) is 91.5 Å².